The summed E-state index contributed by atoms with van der Waals surface area (Å²) in [5.41, 5.74) is 1.56. The van der Waals surface area contributed by atoms with E-state index in [9.17, 15) is 0 Å². The van der Waals surface area contributed by atoms with Crippen molar-refractivity contribution < 1.29 is 0 Å². The van der Waals surface area contributed by atoms with Gasteiger partial charge in [-0.25, -0.2) is 0 Å². The molecule has 0 atom stereocenters. The Hall–Kier alpha value is -1.60. The van der Waals surface area contributed by atoms with Crippen molar-refractivity contribution in [3.63, 3.8) is 0 Å². The third kappa shape index (κ3) is 0.900. The molecule has 0 aliphatic carbocycles. The fourth-order valence-electron chi connectivity index (χ4n) is 0.814. The zero-order chi connectivity index (χ0) is 7.56. The molecule has 1 aromatic rings. The highest BCUT2D eigenvalue weighted by Crippen LogP contribution is 2.05. The lowest BCUT2D eigenvalue weighted by Gasteiger charge is -1.80. The number of hydrogen-bond donors (Lipinski definition) is 0. The maximum absolute atomic E-state index is 5.18. The molecule has 0 aliphatic rings. The first-order chi connectivity index (χ1) is 4.77. The van der Waals surface area contributed by atoms with Crippen LogP contribution in [0.15, 0.2) is 12.4 Å². The highest BCUT2D eigenvalue weighted by atomic mass is 14.9. The smallest absolute Gasteiger partial charge is 0.0575 e. The standard InChI is InChI=1S/C9H7N/c1-4-8-6-10(3)7-9(8)5-2/h1-2,6-7H,3H3. The molecule has 0 radical (unpaired) electrons. The summed E-state index contributed by atoms with van der Waals surface area (Å²) in [5.74, 6) is 5.01. The number of aryl methyl sites for hydroxylation is 1. The summed E-state index contributed by atoms with van der Waals surface area (Å²) in [4.78, 5) is 0. The van der Waals surface area contributed by atoms with E-state index in [0.717, 1.165) is 11.1 Å². The second-order valence-corrected chi connectivity index (χ2v) is 2.04. The second kappa shape index (κ2) is 2.33. The van der Waals surface area contributed by atoms with Crippen molar-refractivity contribution in [3.05, 3.63) is 23.5 Å². The zero-order valence-corrected chi connectivity index (χ0v) is 5.76. The number of rotatable bonds is 0. The summed E-state index contributed by atoms with van der Waals surface area (Å²) in [5, 5.41) is 0. The van der Waals surface area contributed by atoms with Crippen molar-refractivity contribution in [2.75, 3.05) is 0 Å². The Bertz CT molecular complexity index is 286. The minimum atomic E-state index is 0.782. The van der Waals surface area contributed by atoms with E-state index in [1.54, 1.807) is 0 Å². The van der Waals surface area contributed by atoms with E-state index in [1.165, 1.54) is 0 Å². The van der Waals surface area contributed by atoms with Crippen molar-refractivity contribution in [2.24, 2.45) is 7.05 Å². The monoisotopic (exact) mass is 129 g/mol. The minimum absolute atomic E-state index is 0.782. The van der Waals surface area contributed by atoms with Gasteiger partial charge in [0.2, 0.25) is 0 Å². The summed E-state index contributed by atoms with van der Waals surface area (Å²) >= 11 is 0. The van der Waals surface area contributed by atoms with Crippen LogP contribution in [-0.4, -0.2) is 4.57 Å². The first-order valence-electron chi connectivity index (χ1n) is 2.87. The van der Waals surface area contributed by atoms with E-state index in [0.29, 0.717) is 0 Å². The lowest BCUT2D eigenvalue weighted by atomic mass is 10.2. The molecule has 1 rings (SSSR count). The van der Waals surface area contributed by atoms with Crippen LogP contribution in [0.2, 0.25) is 0 Å². The summed E-state index contributed by atoms with van der Waals surface area (Å²) in [7, 11) is 1.89. The molecule has 1 heteroatoms. The quantitative estimate of drug-likeness (QED) is 0.460. The fraction of sp³-hybridized carbons (Fsp3) is 0.111. The average molecular weight is 129 g/mol. The predicted molar refractivity (Wildman–Crippen MR) is 41.3 cm³/mol. The molecular formula is C9H7N. The van der Waals surface area contributed by atoms with Gasteiger partial charge in [0.15, 0.2) is 0 Å². The van der Waals surface area contributed by atoms with Gasteiger partial charge >= 0.3 is 0 Å². The number of nitrogens with zero attached hydrogens (tertiary/aromatic N) is 1. The molecule has 0 fully saturated rings. The molecule has 0 N–H and O–H groups in total. The van der Waals surface area contributed by atoms with Gasteiger partial charge in [-0.2, -0.15) is 0 Å². The van der Waals surface area contributed by atoms with E-state index in [-0.39, 0.29) is 0 Å². The normalized spacial score (nSPS) is 8.30. The van der Waals surface area contributed by atoms with Crippen molar-refractivity contribution in [3.8, 4) is 24.7 Å². The maximum Gasteiger partial charge on any atom is 0.0575 e. The van der Waals surface area contributed by atoms with Gasteiger partial charge in [-0.05, 0) is 0 Å². The molecular weight excluding hydrogens is 122 g/mol. The minimum Gasteiger partial charge on any atom is -0.355 e. The molecule has 0 amide bonds. The Labute approximate surface area is 60.7 Å². The molecule has 0 saturated carbocycles. The van der Waals surface area contributed by atoms with Gasteiger partial charge in [0.1, 0.15) is 0 Å². The molecule has 0 saturated heterocycles. The third-order valence-electron chi connectivity index (χ3n) is 1.27. The van der Waals surface area contributed by atoms with Crippen LogP contribution in [0, 0.1) is 24.7 Å². The van der Waals surface area contributed by atoms with E-state index in [4.69, 9.17) is 12.8 Å². The fourth-order valence-corrected chi connectivity index (χ4v) is 0.814. The molecule has 0 bridgehead atoms. The summed E-state index contributed by atoms with van der Waals surface area (Å²) < 4.78 is 1.85. The largest absolute Gasteiger partial charge is 0.355 e. The van der Waals surface area contributed by atoms with Crippen molar-refractivity contribution >= 4 is 0 Å². The van der Waals surface area contributed by atoms with Crippen LogP contribution >= 0.6 is 0 Å². The first kappa shape index (κ1) is 6.52. The summed E-state index contributed by atoms with van der Waals surface area (Å²) in [6.45, 7) is 0. The van der Waals surface area contributed by atoms with Crippen LogP contribution < -0.4 is 0 Å². The van der Waals surface area contributed by atoms with E-state index in [2.05, 4.69) is 11.8 Å². The van der Waals surface area contributed by atoms with Crippen LogP contribution in [0.3, 0.4) is 0 Å². The molecule has 1 nitrogen and oxygen atoms in total. The maximum atomic E-state index is 5.18. The second-order valence-electron chi connectivity index (χ2n) is 2.04. The van der Waals surface area contributed by atoms with Crippen LogP contribution in [0.4, 0.5) is 0 Å². The Balaban J connectivity index is 3.28. The predicted octanol–water partition coefficient (Wildman–Crippen LogP) is 0.988. The van der Waals surface area contributed by atoms with Crippen LogP contribution in [-0.2, 0) is 7.05 Å². The van der Waals surface area contributed by atoms with Gasteiger partial charge in [-0.3, -0.25) is 0 Å². The van der Waals surface area contributed by atoms with E-state index >= 15 is 0 Å². The lowest BCUT2D eigenvalue weighted by molar-refractivity contribution is 0.926. The van der Waals surface area contributed by atoms with Gasteiger partial charge in [-0.15, -0.1) is 12.8 Å². The van der Waals surface area contributed by atoms with Gasteiger partial charge in [-0.1, -0.05) is 11.8 Å². The van der Waals surface area contributed by atoms with Gasteiger partial charge in [0, 0.05) is 19.4 Å². The zero-order valence-electron chi connectivity index (χ0n) is 5.76. The van der Waals surface area contributed by atoms with E-state index < -0.39 is 0 Å². The number of terminal acetylenes is 2. The van der Waals surface area contributed by atoms with Gasteiger partial charge in [0.25, 0.3) is 0 Å². The summed E-state index contributed by atoms with van der Waals surface area (Å²) in [6.07, 6.45) is 14.0. The summed E-state index contributed by atoms with van der Waals surface area (Å²) in [6, 6.07) is 0. The SMILES string of the molecule is C#Cc1cn(C)cc1C#C. The molecule has 0 spiro atoms. The van der Waals surface area contributed by atoms with Crippen molar-refractivity contribution in [1.29, 1.82) is 0 Å². The molecule has 10 heavy (non-hydrogen) atoms. The molecule has 0 aliphatic heterocycles. The van der Waals surface area contributed by atoms with Crippen molar-refractivity contribution in [2.45, 2.75) is 0 Å². The highest BCUT2D eigenvalue weighted by molar-refractivity contribution is 5.47. The Morgan fingerprint density at radius 3 is 1.90 bits per heavy atom. The molecule has 1 aromatic heterocycles. The lowest BCUT2D eigenvalue weighted by Crippen LogP contribution is -1.77. The molecule has 1 heterocycles. The highest BCUT2D eigenvalue weighted by Gasteiger charge is 1.97. The Morgan fingerprint density at radius 1 is 1.20 bits per heavy atom. The van der Waals surface area contributed by atoms with Crippen molar-refractivity contribution in [1.82, 2.24) is 4.57 Å². The van der Waals surface area contributed by atoms with Crippen LogP contribution in [0.1, 0.15) is 11.1 Å². The Morgan fingerprint density at radius 2 is 1.60 bits per heavy atom. The average Bonchev–Trinajstić information content (AvgIpc) is 2.30. The third-order valence-corrected chi connectivity index (χ3v) is 1.27. The molecule has 0 unspecified atom stereocenters. The Kier molecular flexibility index (Phi) is 1.52. The van der Waals surface area contributed by atoms with Crippen LogP contribution in [0.5, 0.6) is 0 Å². The topological polar surface area (TPSA) is 4.93 Å². The molecule has 48 valence electrons. The number of aromatic nitrogens is 1. The molecule has 0 aromatic carbocycles. The van der Waals surface area contributed by atoms with E-state index in [1.807, 2.05) is 24.0 Å². The first-order valence-corrected chi connectivity index (χ1v) is 2.87. The van der Waals surface area contributed by atoms with Gasteiger partial charge in [0.05, 0.1) is 11.1 Å². The van der Waals surface area contributed by atoms with Crippen LogP contribution in [0.25, 0.3) is 0 Å². The number of hydrogen-bond acceptors (Lipinski definition) is 0. The van der Waals surface area contributed by atoms with Gasteiger partial charge < -0.3 is 4.57 Å².